The fourth-order valence-electron chi connectivity index (χ4n) is 2.98. The molecule has 1 aliphatic carbocycles. The van der Waals surface area contributed by atoms with Crippen molar-refractivity contribution in [3.8, 4) is 0 Å². The second-order valence-electron chi connectivity index (χ2n) is 6.44. The minimum atomic E-state index is 0.0917. The van der Waals surface area contributed by atoms with Crippen LogP contribution in [0.25, 0.3) is 11.2 Å². The van der Waals surface area contributed by atoms with Crippen LogP contribution in [0.3, 0.4) is 0 Å². The molecule has 150 valence electrons. The van der Waals surface area contributed by atoms with Crippen molar-refractivity contribution in [3.05, 3.63) is 39.6 Å². The maximum Gasteiger partial charge on any atom is 0.229 e. The summed E-state index contributed by atoms with van der Waals surface area (Å²) in [7, 11) is 0. The van der Waals surface area contributed by atoms with Gasteiger partial charge in [0.15, 0.2) is 5.65 Å². The van der Waals surface area contributed by atoms with Gasteiger partial charge in [-0.15, -0.1) is 0 Å². The summed E-state index contributed by atoms with van der Waals surface area (Å²) >= 11 is 11.5. The van der Waals surface area contributed by atoms with Crippen LogP contribution in [0.4, 0.5) is 5.82 Å². The first-order chi connectivity index (χ1) is 13.6. The summed E-state index contributed by atoms with van der Waals surface area (Å²) in [5, 5.41) is 11.5. The number of amides is 1. The van der Waals surface area contributed by atoms with Gasteiger partial charge in [-0.3, -0.25) is 4.79 Å². The maximum atomic E-state index is 11.5. The molecule has 0 atom stereocenters. The fraction of sp³-hybridized carbons (Fsp3) is 0.421. The van der Waals surface area contributed by atoms with Gasteiger partial charge in [-0.2, -0.15) is 21.4 Å². The van der Waals surface area contributed by atoms with E-state index >= 15 is 0 Å². The second-order valence-corrected chi connectivity index (χ2v) is 8.57. The Labute approximate surface area is 182 Å². The number of hydrogen-bond donors (Lipinski definition) is 2. The number of rotatable bonds is 9. The maximum absolute atomic E-state index is 11.5. The molecule has 0 fully saturated rings. The highest BCUT2D eigenvalue weighted by molar-refractivity contribution is 9.10. The van der Waals surface area contributed by atoms with E-state index in [4.69, 9.17) is 16.6 Å². The van der Waals surface area contributed by atoms with E-state index in [-0.39, 0.29) is 5.91 Å². The number of nitrogens with zero attached hydrogens (tertiary/aromatic N) is 3. The van der Waals surface area contributed by atoms with Crippen LogP contribution in [0.2, 0.25) is 0 Å². The average molecular weight is 485 g/mol. The smallest absolute Gasteiger partial charge is 0.229 e. The Hall–Kier alpha value is -1.51. The van der Waals surface area contributed by atoms with Gasteiger partial charge in [0.1, 0.15) is 5.82 Å². The predicted molar refractivity (Wildman–Crippen MR) is 121 cm³/mol. The largest absolute Gasteiger partial charge is 0.370 e. The third-order valence-electron chi connectivity index (χ3n) is 4.36. The molecule has 0 bridgehead atoms. The van der Waals surface area contributed by atoms with Gasteiger partial charge < -0.3 is 10.6 Å². The first kappa shape index (κ1) is 21.2. The predicted octanol–water partition coefficient (Wildman–Crippen LogP) is 4.46. The average Bonchev–Trinajstić information content (AvgIpc) is 3.06. The molecule has 0 unspecified atom stereocenters. The summed E-state index contributed by atoms with van der Waals surface area (Å²) in [4.78, 5) is 16.2. The van der Waals surface area contributed by atoms with Gasteiger partial charge in [0.2, 0.25) is 5.91 Å². The number of halogens is 2. The lowest BCUT2D eigenvalue weighted by molar-refractivity contribution is -0.118. The highest BCUT2D eigenvalue weighted by atomic mass is 79.9. The molecule has 1 aliphatic rings. The lowest BCUT2D eigenvalue weighted by atomic mass is 10.0. The van der Waals surface area contributed by atoms with Crippen LogP contribution >= 0.6 is 39.3 Å². The molecule has 1 amide bonds. The standard InChI is InChI=1S/C19H23BrClN5OS/c1-28-12-18(27)23-9-5-4-8-22-17-10-16(13-6-2-3-7-15(13)21)25-19-14(20)11-24-26(17)19/h3,7,10-11,22H,2,4-6,8-9,12H2,1H3,(H,23,27). The van der Waals surface area contributed by atoms with Crippen molar-refractivity contribution in [3.63, 3.8) is 0 Å². The van der Waals surface area contributed by atoms with Crippen molar-refractivity contribution in [2.75, 3.05) is 30.4 Å². The molecule has 0 aliphatic heterocycles. The van der Waals surface area contributed by atoms with Crippen LogP contribution in [0.15, 0.2) is 33.9 Å². The molecule has 6 nitrogen and oxygen atoms in total. The van der Waals surface area contributed by atoms with E-state index in [1.807, 2.05) is 18.4 Å². The molecule has 2 heterocycles. The van der Waals surface area contributed by atoms with Gasteiger partial charge in [0, 0.05) is 24.2 Å². The molecule has 3 rings (SSSR count). The minimum absolute atomic E-state index is 0.0917. The Morgan fingerprint density at radius 2 is 2.21 bits per heavy atom. The van der Waals surface area contributed by atoms with E-state index in [2.05, 4.69) is 37.7 Å². The quantitative estimate of drug-likeness (QED) is 0.514. The van der Waals surface area contributed by atoms with Gasteiger partial charge in [-0.25, -0.2) is 4.98 Å². The fourth-order valence-corrected chi connectivity index (χ4v) is 3.97. The number of allylic oxidation sites excluding steroid dienone is 4. The van der Waals surface area contributed by atoms with Gasteiger partial charge in [0.25, 0.3) is 0 Å². The van der Waals surface area contributed by atoms with E-state index in [0.717, 1.165) is 64.5 Å². The number of aromatic nitrogens is 3. The van der Waals surface area contributed by atoms with Gasteiger partial charge in [-0.1, -0.05) is 17.7 Å². The van der Waals surface area contributed by atoms with Crippen molar-refractivity contribution in [1.29, 1.82) is 0 Å². The third-order valence-corrected chi connectivity index (χ3v) is 5.82. The zero-order valence-corrected chi connectivity index (χ0v) is 18.8. The highest BCUT2D eigenvalue weighted by Crippen LogP contribution is 2.32. The van der Waals surface area contributed by atoms with Gasteiger partial charge >= 0.3 is 0 Å². The summed E-state index contributed by atoms with van der Waals surface area (Å²) in [5.41, 5.74) is 2.69. The molecular formula is C19H23BrClN5OS. The van der Waals surface area contributed by atoms with Crippen molar-refractivity contribution in [1.82, 2.24) is 19.9 Å². The zero-order chi connectivity index (χ0) is 19.9. The van der Waals surface area contributed by atoms with Crippen molar-refractivity contribution < 1.29 is 4.79 Å². The SMILES string of the molecule is CSCC(=O)NCCCCNc1cc(C2=C(Cl)C=CCC2)nc2c(Br)cnn12. The summed E-state index contributed by atoms with van der Waals surface area (Å²) in [6.07, 6.45) is 11.4. The van der Waals surface area contributed by atoms with Gasteiger partial charge in [-0.05, 0) is 59.5 Å². The number of carbonyl (C=O) groups excluding carboxylic acids is 1. The number of fused-ring (bicyclic) bond motifs is 1. The molecule has 0 saturated carbocycles. The van der Waals surface area contributed by atoms with Crippen molar-refractivity contribution >= 4 is 62.2 Å². The Morgan fingerprint density at radius 3 is 3.00 bits per heavy atom. The van der Waals surface area contributed by atoms with Crippen LogP contribution in [-0.2, 0) is 4.79 Å². The van der Waals surface area contributed by atoms with E-state index in [0.29, 0.717) is 12.3 Å². The summed E-state index contributed by atoms with van der Waals surface area (Å²) in [6, 6.07) is 2.00. The lowest BCUT2D eigenvalue weighted by Crippen LogP contribution is -2.26. The number of carbonyl (C=O) groups is 1. The number of nitrogens with one attached hydrogen (secondary N) is 2. The minimum Gasteiger partial charge on any atom is -0.370 e. The zero-order valence-electron chi connectivity index (χ0n) is 15.7. The van der Waals surface area contributed by atoms with Crippen LogP contribution in [0.5, 0.6) is 0 Å². The van der Waals surface area contributed by atoms with Gasteiger partial charge in [0.05, 0.1) is 22.1 Å². The van der Waals surface area contributed by atoms with E-state index in [1.165, 1.54) is 11.8 Å². The van der Waals surface area contributed by atoms with E-state index in [9.17, 15) is 4.79 Å². The summed E-state index contributed by atoms with van der Waals surface area (Å²) in [6.45, 7) is 1.47. The number of anilines is 1. The molecule has 0 spiro atoms. The second kappa shape index (κ2) is 10.3. The molecule has 0 radical (unpaired) electrons. The first-order valence-corrected chi connectivity index (χ1v) is 11.8. The monoisotopic (exact) mass is 483 g/mol. The van der Waals surface area contributed by atoms with E-state index in [1.54, 1.807) is 10.7 Å². The normalized spacial score (nSPS) is 14.0. The Bertz CT molecular complexity index is 911. The van der Waals surface area contributed by atoms with Crippen LogP contribution in [0, 0.1) is 0 Å². The molecule has 0 aromatic carbocycles. The van der Waals surface area contributed by atoms with E-state index < -0.39 is 0 Å². The Kier molecular flexibility index (Phi) is 7.82. The van der Waals surface area contributed by atoms with Crippen LogP contribution in [-0.4, -0.2) is 45.6 Å². The summed E-state index contributed by atoms with van der Waals surface area (Å²) in [5.74, 6) is 1.48. The molecule has 2 N–H and O–H groups in total. The van der Waals surface area contributed by atoms with Crippen LogP contribution in [0.1, 0.15) is 31.4 Å². The Balaban J connectivity index is 1.67. The molecule has 28 heavy (non-hydrogen) atoms. The number of thioether (sulfide) groups is 1. The molecule has 9 heteroatoms. The third kappa shape index (κ3) is 5.30. The Morgan fingerprint density at radius 1 is 1.39 bits per heavy atom. The lowest BCUT2D eigenvalue weighted by Gasteiger charge is -2.15. The molecule has 0 saturated heterocycles. The number of unbranched alkanes of at least 4 members (excludes halogenated alkanes) is 1. The summed E-state index contributed by atoms with van der Waals surface area (Å²) < 4.78 is 2.64. The highest BCUT2D eigenvalue weighted by Gasteiger charge is 2.16. The molecule has 2 aromatic heterocycles. The molecular weight excluding hydrogens is 462 g/mol. The first-order valence-electron chi connectivity index (χ1n) is 9.19. The van der Waals surface area contributed by atoms with Crippen molar-refractivity contribution in [2.24, 2.45) is 0 Å². The van der Waals surface area contributed by atoms with Crippen LogP contribution < -0.4 is 10.6 Å². The van der Waals surface area contributed by atoms with Crippen molar-refractivity contribution in [2.45, 2.75) is 25.7 Å². The number of hydrogen-bond acceptors (Lipinski definition) is 5. The topological polar surface area (TPSA) is 71.3 Å². The molecule has 2 aromatic rings.